The molecule has 5 nitrogen and oxygen atoms in total. The Morgan fingerprint density at radius 1 is 1.67 bits per heavy atom. The molecule has 2 heterocycles. The third-order valence-corrected chi connectivity index (χ3v) is 4.42. The lowest BCUT2D eigenvalue weighted by molar-refractivity contribution is 0.471. The van der Waals surface area contributed by atoms with Gasteiger partial charge >= 0.3 is 0 Å². The summed E-state index contributed by atoms with van der Waals surface area (Å²) in [4.78, 5) is 7.14. The van der Waals surface area contributed by atoms with Gasteiger partial charge in [0.2, 0.25) is 0 Å². The molecule has 2 atom stereocenters. The Labute approximate surface area is 89.2 Å². The highest BCUT2D eigenvalue weighted by molar-refractivity contribution is 7.91. The van der Waals surface area contributed by atoms with Crippen LogP contribution in [0.25, 0.3) is 0 Å². The summed E-state index contributed by atoms with van der Waals surface area (Å²) < 4.78 is 22.5. The number of rotatable bonds is 3. The summed E-state index contributed by atoms with van der Waals surface area (Å²) >= 11 is 0. The van der Waals surface area contributed by atoms with Crippen molar-refractivity contribution in [2.45, 2.75) is 25.4 Å². The molecule has 1 aliphatic rings. The third kappa shape index (κ3) is 2.57. The van der Waals surface area contributed by atoms with E-state index in [-0.39, 0.29) is 17.8 Å². The number of nitrogens with one attached hydrogen (secondary N) is 2. The van der Waals surface area contributed by atoms with Crippen LogP contribution in [-0.4, -0.2) is 35.9 Å². The van der Waals surface area contributed by atoms with E-state index in [1.807, 2.05) is 6.92 Å². The van der Waals surface area contributed by atoms with Crippen molar-refractivity contribution >= 4 is 9.84 Å². The van der Waals surface area contributed by atoms with Crippen molar-refractivity contribution in [1.82, 2.24) is 15.3 Å². The molecular weight excluding hydrogens is 214 g/mol. The first-order valence-electron chi connectivity index (χ1n) is 5.02. The van der Waals surface area contributed by atoms with Gasteiger partial charge in [0.15, 0.2) is 9.84 Å². The van der Waals surface area contributed by atoms with Crippen LogP contribution in [0.4, 0.5) is 0 Å². The molecule has 0 aromatic carbocycles. The fourth-order valence-electron chi connectivity index (χ4n) is 1.87. The molecule has 1 fully saturated rings. The lowest BCUT2D eigenvalue weighted by atomic mass is 10.2. The second kappa shape index (κ2) is 3.94. The molecule has 2 N–H and O–H groups in total. The van der Waals surface area contributed by atoms with Crippen LogP contribution in [0, 0.1) is 0 Å². The number of H-pyrrole nitrogens is 1. The zero-order valence-electron chi connectivity index (χ0n) is 8.60. The normalized spacial score (nSPS) is 26.6. The zero-order valence-corrected chi connectivity index (χ0v) is 9.42. The first-order valence-corrected chi connectivity index (χ1v) is 6.85. The van der Waals surface area contributed by atoms with Gasteiger partial charge in [-0.1, -0.05) is 0 Å². The molecule has 1 aromatic heterocycles. The van der Waals surface area contributed by atoms with Gasteiger partial charge in [0.1, 0.15) is 5.82 Å². The van der Waals surface area contributed by atoms with Crippen molar-refractivity contribution in [2.75, 3.05) is 11.5 Å². The molecule has 0 spiro atoms. The van der Waals surface area contributed by atoms with Crippen molar-refractivity contribution in [1.29, 1.82) is 0 Å². The van der Waals surface area contributed by atoms with Gasteiger partial charge in [-0.25, -0.2) is 13.4 Å². The average molecular weight is 229 g/mol. The van der Waals surface area contributed by atoms with E-state index in [0.717, 1.165) is 5.82 Å². The highest BCUT2D eigenvalue weighted by Gasteiger charge is 2.28. The maximum Gasteiger partial charge on any atom is 0.151 e. The van der Waals surface area contributed by atoms with Crippen LogP contribution in [-0.2, 0) is 9.84 Å². The van der Waals surface area contributed by atoms with Gasteiger partial charge in [0, 0.05) is 18.4 Å². The van der Waals surface area contributed by atoms with Crippen LogP contribution in [0.5, 0.6) is 0 Å². The molecule has 0 bridgehead atoms. The summed E-state index contributed by atoms with van der Waals surface area (Å²) in [5.74, 6) is 1.40. The van der Waals surface area contributed by atoms with Gasteiger partial charge in [0.25, 0.3) is 0 Å². The number of sulfone groups is 1. The van der Waals surface area contributed by atoms with Gasteiger partial charge in [-0.05, 0) is 13.3 Å². The molecule has 6 heteroatoms. The fourth-order valence-corrected chi connectivity index (χ4v) is 3.56. The Kier molecular flexibility index (Phi) is 2.79. The minimum atomic E-state index is -2.80. The van der Waals surface area contributed by atoms with Crippen molar-refractivity contribution in [2.24, 2.45) is 0 Å². The summed E-state index contributed by atoms with van der Waals surface area (Å²) in [6, 6.07) is 0.133. The highest BCUT2D eigenvalue weighted by Crippen LogP contribution is 2.15. The quantitative estimate of drug-likeness (QED) is 0.779. The lowest BCUT2D eigenvalue weighted by Gasteiger charge is -2.16. The van der Waals surface area contributed by atoms with E-state index in [1.165, 1.54) is 0 Å². The first kappa shape index (κ1) is 10.6. The van der Waals surface area contributed by atoms with Crippen LogP contribution in [0.1, 0.15) is 25.2 Å². The van der Waals surface area contributed by atoms with Gasteiger partial charge in [-0.15, -0.1) is 0 Å². The van der Waals surface area contributed by atoms with Gasteiger partial charge in [-0.3, -0.25) is 0 Å². The number of imidazole rings is 1. The Morgan fingerprint density at radius 3 is 3.00 bits per heavy atom. The van der Waals surface area contributed by atoms with E-state index < -0.39 is 9.84 Å². The molecule has 0 aliphatic carbocycles. The average Bonchev–Trinajstić information content (AvgIpc) is 2.74. The largest absolute Gasteiger partial charge is 0.347 e. The second-order valence-electron chi connectivity index (χ2n) is 3.96. The van der Waals surface area contributed by atoms with Crippen LogP contribution in [0.3, 0.4) is 0 Å². The van der Waals surface area contributed by atoms with Crippen molar-refractivity contribution < 1.29 is 8.42 Å². The molecule has 84 valence electrons. The maximum atomic E-state index is 11.2. The predicted molar refractivity (Wildman–Crippen MR) is 57.2 cm³/mol. The predicted octanol–water partition coefficient (Wildman–Crippen LogP) is 0.247. The summed E-state index contributed by atoms with van der Waals surface area (Å²) in [5.41, 5.74) is 0. The molecule has 0 radical (unpaired) electrons. The lowest BCUT2D eigenvalue weighted by Crippen LogP contribution is -2.32. The molecule has 2 rings (SSSR count). The molecule has 15 heavy (non-hydrogen) atoms. The monoisotopic (exact) mass is 229 g/mol. The van der Waals surface area contributed by atoms with Gasteiger partial charge in [-0.2, -0.15) is 0 Å². The van der Waals surface area contributed by atoms with Crippen LogP contribution < -0.4 is 5.32 Å². The first-order chi connectivity index (χ1) is 7.07. The van der Waals surface area contributed by atoms with Crippen LogP contribution >= 0.6 is 0 Å². The highest BCUT2D eigenvalue weighted by atomic mass is 32.2. The topological polar surface area (TPSA) is 74.8 Å². The standard InChI is InChI=1S/C9H15N3O2S/c1-7(9-10-3-4-11-9)12-8-2-5-15(13,14)6-8/h3-4,7-8,12H,2,5-6H2,1H3,(H,10,11). The summed E-state index contributed by atoms with van der Waals surface area (Å²) in [6.45, 7) is 1.98. The van der Waals surface area contributed by atoms with E-state index in [2.05, 4.69) is 15.3 Å². The minimum Gasteiger partial charge on any atom is -0.347 e. The minimum absolute atomic E-state index is 0.0649. The maximum absolute atomic E-state index is 11.2. The van der Waals surface area contributed by atoms with E-state index in [1.54, 1.807) is 12.4 Å². The van der Waals surface area contributed by atoms with Crippen molar-refractivity contribution in [3.63, 3.8) is 0 Å². The summed E-state index contributed by atoms with van der Waals surface area (Å²) in [5, 5.41) is 3.26. The summed E-state index contributed by atoms with van der Waals surface area (Å²) in [6.07, 6.45) is 4.16. The Hall–Kier alpha value is -0.880. The fraction of sp³-hybridized carbons (Fsp3) is 0.667. The smallest absolute Gasteiger partial charge is 0.151 e. The molecule has 2 unspecified atom stereocenters. The third-order valence-electron chi connectivity index (χ3n) is 2.65. The molecule has 0 amide bonds. The van der Waals surface area contributed by atoms with E-state index >= 15 is 0 Å². The van der Waals surface area contributed by atoms with Gasteiger partial charge in [0.05, 0.1) is 17.5 Å². The molecular formula is C9H15N3O2S. The number of hydrogen-bond donors (Lipinski definition) is 2. The zero-order chi connectivity index (χ0) is 10.9. The Balaban J connectivity index is 1.94. The van der Waals surface area contributed by atoms with Crippen molar-refractivity contribution in [3.8, 4) is 0 Å². The van der Waals surface area contributed by atoms with Crippen molar-refractivity contribution in [3.05, 3.63) is 18.2 Å². The van der Waals surface area contributed by atoms with E-state index in [9.17, 15) is 8.42 Å². The van der Waals surface area contributed by atoms with Crippen LogP contribution in [0.15, 0.2) is 12.4 Å². The Morgan fingerprint density at radius 2 is 2.47 bits per heavy atom. The molecule has 0 saturated carbocycles. The number of aromatic amines is 1. The number of hydrogen-bond acceptors (Lipinski definition) is 4. The SMILES string of the molecule is CC(NC1CCS(=O)(=O)C1)c1ncc[nH]1. The summed E-state index contributed by atoms with van der Waals surface area (Å²) in [7, 11) is -2.80. The number of nitrogens with zero attached hydrogens (tertiary/aromatic N) is 1. The molecule has 1 saturated heterocycles. The molecule has 1 aromatic rings. The number of aromatic nitrogens is 2. The van der Waals surface area contributed by atoms with E-state index in [4.69, 9.17) is 0 Å². The van der Waals surface area contributed by atoms with E-state index in [0.29, 0.717) is 12.2 Å². The van der Waals surface area contributed by atoms with Crippen LogP contribution in [0.2, 0.25) is 0 Å². The Bertz CT molecular complexity index is 413. The second-order valence-corrected chi connectivity index (χ2v) is 6.19. The molecule has 1 aliphatic heterocycles. The van der Waals surface area contributed by atoms with Gasteiger partial charge < -0.3 is 10.3 Å².